The van der Waals surface area contributed by atoms with E-state index >= 15 is 0 Å². The first-order valence-corrected chi connectivity index (χ1v) is 9.58. The second-order valence-corrected chi connectivity index (χ2v) is 7.14. The molecule has 0 bridgehead atoms. The summed E-state index contributed by atoms with van der Waals surface area (Å²) in [7, 11) is 1.18. The average molecular weight is 438 g/mol. The van der Waals surface area contributed by atoms with Gasteiger partial charge in [-0.25, -0.2) is 4.79 Å². The van der Waals surface area contributed by atoms with Crippen LogP contribution in [-0.2, 0) is 39.9 Å². The zero-order valence-electron chi connectivity index (χ0n) is 17.9. The maximum atomic E-state index is 12.2. The minimum absolute atomic E-state index is 0.00429. The van der Waals surface area contributed by atoms with E-state index < -0.39 is 48.4 Å². The second-order valence-electron chi connectivity index (χ2n) is 7.14. The minimum atomic E-state index is -1.37. The number of hydrogen-bond donors (Lipinski definition) is 1. The summed E-state index contributed by atoms with van der Waals surface area (Å²) >= 11 is 0. The van der Waals surface area contributed by atoms with Gasteiger partial charge in [-0.15, -0.1) is 0 Å². The zero-order valence-corrected chi connectivity index (χ0v) is 17.9. The maximum Gasteiger partial charge on any atom is 0.341 e. The lowest BCUT2D eigenvalue weighted by Crippen LogP contribution is -2.59. The van der Waals surface area contributed by atoms with Gasteiger partial charge < -0.3 is 28.8 Å². The van der Waals surface area contributed by atoms with Gasteiger partial charge >= 0.3 is 17.9 Å². The van der Waals surface area contributed by atoms with Crippen LogP contribution in [0.1, 0.15) is 43.6 Å². The van der Waals surface area contributed by atoms with Crippen molar-refractivity contribution < 1.29 is 48.0 Å². The van der Waals surface area contributed by atoms with Crippen molar-refractivity contribution in [2.75, 3.05) is 7.11 Å². The van der Waals surface area contributed by atoms with Crippen LogP contribution in [0, 0.1) is 5.92 Å². The van der Waals surface area contributed by atoms with Gasteiger partial charge in [-0.3, -0.25) is 14.4 Å². The van der Waals surface area contributed by atoms with Crippen molar-refractivity contribution in [1.29, 1.82) is 0 Å². The molecule has 5 atom stereocenters. The van der Waals surface area contributed by atoms with Crippen LogP contribution >= 0.6 is 0 Å². The van der Waals surface area contributed by atoms with Crippen molar-refractivity contribution in [2.24, 2.45) is 5.92 Å². The van der Waals surface area contributed by atoms with Gasteiger partial charge in [0, 0.05) is 19.8 Å². The van der Waals surface area contributed by atoms with Gasteiger partial charge in [0.25, 0.3) is 0 Å². The molecule has 1 fully saturated rings. The Kier molecular flexibility index (Phi) is 8.12. The van der Waals surface area contributed by atoms with Gasteiger partial charge in [-0.1, -0.05) is 13.0 Å². The van der Waals surface area contributed by atoms with E-state index in [1.54, 1.807) is 6.92 Å². The molecule has 0 radical (unpaired) electrons. The van der Waals surface area contributed by atoms with Crippen LogP contribution in [0.15, 0.2) is 18.2 Å². The van der Waals surface area contributed by atoms with Crippen molar-refractivity contribution in [2.45, 2.75) is 58.9 Å². The molecule has 0 spiro atoms. The minimum Gasteiger partial charge on any atom is -0.465 e. The van der Waals surface area contributed by atoms with Crippen LogP contribution in [0.4, 0.5) is 0 Å². The van der Waals surface area contributed by atoms with E-state index in [1.165, 1.54) is 46.1 Å². The predicted molar refractivity (Wildman–Crippen MR) is 104 cm³/mol. The summed E-state index contributed by atoms with van der Waals surface area (Å²) in [6.07, 6.45) is -4.64. The fourth-order valence-corrected chi connectivity index (χ4v) is 3.39. The Balaban J connectivity index is 2.49. The van der Waals surface area contributed by atoms with Gasteiger partial charge in [-0.2, -0.15) is 0 Å². The molecule has 1 N–H and O–H groups in total. The molecule has 1 unspecified atom stereocenters. The molecular formula is C21H26O10. The van der Waals surface area contributed by atoms with E-state index in [4.69, 9.17) is 23.7 Å². The highest BCUT2D eigenvalue weighted by atomic mass is 16.7. The lowest BCUT2D eigenvalue weighted by molar-refractivity contribution is -0.261. The topological polar surface area (TPSA) is 135 Å². The van der Waals surface area contributed by atoms with Crippen molar-refractivity contribution in [3.63, 3.8) is 0 Å². The van der Waals surface area contributed by atoms with Crippen LogP contribution in [0.5, 0.6) is 5.75 Å². The number of aliphatic hydroxyl groups excluding tert-OH is 1. The first-order valence-electron chi connectivity index (χ1n) is 9.58. The number of benzene rings is 1. The third kappa shape index (κ3) is 5.80. The monoisotopic (exact) mass is 438 g/mol. The van der Waals surface area contributed by atoms with Crippen molar-refractivity contribution in [3.05, 3.63) is 29.3 Å². The van der Waals surface area contributed by atoms with Crippen LogP contribution in [-0.4, -0.2) is 60.5 Å². The number of rotatable bonds is 7. The highest BCUT2D eigenvalue weighted by Crippen LogP contribution is 2.34. The normalized spacial score (nSPS) is 25.3. The Hall–Kier alpha value is -2.98. The number of esters is 3. The van der Waals surface area contributed by atoms with E-state index in [1.807, 2.05) is 0 Å². The number of ketones is 1. The van der Waals surface area contributed by atoms with Gasteiger partial charge in [0.15, 0.2) is 11.9 Å². The Morgan fingerprint density at radius 2 is 1.65 bits per heavy atom. The number of ether oxygens (including phenoxy) is 5. The summed E-state index contributed by atoms with van der Waals surface area (Å²) in [5.41, 5.74) is 0.420. The summed E-state index contributed by atoms with van der Waals surface area (Å²) in [6, 6.07) is 4.30. The highest BCUT2D eigenvalue weighted by Gasteiger charge is 2.50. The Labute approximate surface area is 179 Å². The van der Waals surface area contributed by atoms with Crippen molar-refractivity contribution in [3.8, 4) is 5.75 Å². The van der Waals surface area contributed by atoms with E-state index in [2.05, 4.69) is 0 Å². The first-order chi connectivity index (χ1) is 14.6. The maximum absolute atomic E-state index is 12.2. The van der Waals surface area contributed by atoms with E-state index in [-0.39, 0.29) is 23.7 Å². The Morgan fingerprint density at radius 3 is 2.16 bits per heavy atom. The molecule has 0 aliphatic carbocycles. The molecular weight excluding hydrogens is 412 g/mol. The predicted octanol–water partition coefficient (Wildman–Crippen LogP) is 1.16. The zero-order chi connectivity index (χ0) is 23.3. The molecule has 0 aromatic heterocycles. The number of Topliss-reactive ketones (excluding diaryl/α,β-unsaturated/α-hetero) is 1. The van der Waals surface area contributed by atoms with Gasteiger partial charge in [-0.05, 0) is 24.6 Å². The summed E-state index contributed by atoms with van der Waals surface area (Å²) in [5.74, 6) is -3.04. The van der Waals surface area contributed by atoms with Crippen molar-refractivity contribution in [1.82, 2.24) is 0 Å². The molecule has 31 heavy (non-hydrogen) atoms. The summed E-state index contributed by atoms with van der Waals surface area (Å²) in [6.45, 7) is 4.97. The largest absolute Gasteiger partial charge is 0.465 e. The molecule has 1 aliphatic heterocycles. The first kappa shape index (κ1) is 24.3. The van der Waals surface area contributed by atoms with Gasteiger partial charge in [0.2, 0.25) is 12.4 Å². The molecule has 0 saturated carbocycles. The average Bonchev–Trinajstić information content (AvgIpc) is 2.71. The van der Waals surface area contributed by atoms with E-state index in [0.717, 1.165) is 0 Å². The highest BCUT2D eigenvalue weighted by molar-refractivity contribution is 5.92. The van der Waals surface area contributed by atoms with Gasteiger partial charge in [0.05, 0.1) is 13.7 Å². The summed E-state index contributed by atoms with van der Waals surface area (Å²) < 4.78 is 27.0. The molecule has 1 heterocycles. The Morgan fingerprint density at radius 1 is 1.03 bits per heavy atom. The molecule has 1 saturated heterocycles. The third-order valence-electron chi connectivity index (χ3n) is 4.75. The van der Waals surface area contributed by atoms with Crippen LogP contribution in [0.3, 0.4) is 0 Å². The number of carbonyl (C=O) groups is 4. The van der Waals surface area contributed by atoms with Crippen LogP contribution in [0.25, 0.3) is 0 Å². The third-order valence-corrected chi connectivity index (χ3v) is 4.75. The quantitative estimate of drug-likeness (QED) is 0.488. The fraction of sp³-hybridized carbons (Fsp3) is 0.524. The van der Waals surface area contributed by atoms with Crippen LogP contribution < -0.4 is 4.74 Å². The molecule has 1 aliphatic rings. The molecule has 0 amide bonds. The molecule has 1 aromatic rings. The van der Waals surface area contributed by atoms with Gasteiger partial charge in [0.1, 0.15) is 17.4 Å². The fourth-order valence-electron chi connectivity index (χ4n) is 3.39. The van der Waals surface area contributed by atoms with Crippen molar-refractivity contribution >= 4 is 23.7 Å². The number of carbonyl (C=O) groups excluding carboxylic acids is 4. The lowest BCUT2D eigenvalue weighted by Gasteiger charge is -2.43. The molecule has 10 nitrogen and oxygen atoms in total. The lowest BCUT2D eigenvalue weighted by atomic mass is 9.88. The number of methoxy groups -OCH3 is 1. The number of aliphatic hydroxyl groups is 1. The molecule has 1 aromatic carbocycles. The Bertz CT molecular complexity index is 849. The summed E-state index contributed by atoms with van der Waals surface area (Å²) in [4.78, 5) is 47.7. The molecule has 170 valence electrons. The van der Waals surface area contributed by atoms with Crippen LogP contribution in [0.2, 0.25) is 0 Å². The standard InChI is InChI=1S/C21H26O10/c1-10-17(11(2)23)31-21(19(29-13(4)25)18(10)28-12(3)24)30-16-7-6-14(9-22)8-15(16)20(26)27-5/h6-8,10,17-19,21-22H,9H2,1-5H3/t10-,17?,18-,19-,21+/m0/s1. The summed E-state index contributed by atoms with van der Waals surface area (Å²) in [5, 5.41) is 9.35. The number of hydrogen-bond acceptors (Lipinski definition) is 10. The van der Waals surface area contributed by atoms with E-state index in [9.17, 15) is 24.3 Å². The molecule has 10 heteroatoms. The van der Waals surface area contributed by atoms with E-state index in [0.29, 0.717) is 5.56 Å². The SMILES string of the molecule is COC(=O)c1cc(CO)ccc1O[C@@H]1OC(C(C)=O)[C@H](C)[C@H](OC(C)=O)[C@@H]1OC(C)=O. The molecule has 2 rings (SSSR count). The second kappa shape index (κ2) is 10.4. The smallest absolute Gasteiger partial charge is 0.341 e.